The lowest BCUT2D eigenvalue weighted by molar-refractivity contribution is -0.112. The van der Waals surface area contributed by atoms with Crippen LogP contribution in [0.25, 0.3) is 0 Å². The van der Waals surface area contributed by atoms with Gasteiger partial charge in [0.1, 0.15) is 0 Å². The van der Waals surface area contributed by atoms with Gasteiger partial charge in [-0.3, -0.25) is 0 Å². The van der Waals surface area contributed by atoms with Crippen molar-refractivity contribution in [3.63, 3.8) is 0 Å². The minimum atomic E-state index is -0.0662. The Balaban J connectivity index is 1.62. The van der Waals surface area contributed by atoms with Crippen LogP contribution in [0.4, 0.5) is 0 Å². The maximum atomic E-state index is 10.5. The first-order valence-corrected chi connectivity index (χ1v) is 9.37. The van der Waals surface area contributed by atoms with Crippen LogP contribution in [0.5, 0.6) is 0 Å². The van der Waals surface area contributed by atoms with Gasteiger partial charge in [0.05, 0.1) is 11.8 Å². The summed E-state index contributed by atoms with van der Waals surface area (Å²) in [6.07, 6.45) is 10.5. The molecule has 0 unspecified atom stereocenters. The predicted molar refractivity (Wildman–Crippen MR) is 87.0 cm³/mol. The van der Waals surface area contributed by atoms with Crippen molar-refractivity contribution in [1.29, 1.82) is 0 Å². The number of fused-ring (bicyclic) bond motifs is 5. The van der Waals surface area contributed by atoms with Gasteiger partial charge in [-0.25, -0.2) is 0 Å². The molecule has 0 aliphatic heterocycles. The first-order valence-electron chi connectivity index (χ1n) is 9.37. The Morgan fingerprint density at radius 1 is 0.955 bits per heavy atom. The van der Waals surface area contributed by atoms with E-state index < -0.39 is 0 Å². The van der Waals surface area contributed by atoms with E-state index >= 15 is 0 Å². The van der Waals surface area contributed by atoms with Gasteiger partial charge in [0.15, 0.2) is 0 Å². The third-order valence-corrected chi connectivity index (χ3v) is 8.59. The number of rotatable bonds is 0. The second-order valence-electron chi connectivity index (χ2n) is 9.16. The lowest BCUT2D eigenvalue weighted by atomic mass is 9.45. The molecule has 7 atom stereocenters. The topological polar surface area (TPSA) is 52.8 Å². The summed E-state index contributed by atoms with van der Waals surface area (Å²) in [5, 5.41) is 23.2. The molecule has 4 saturated carbocycles. The zero-order chi connectivity index (χ0) is 15.5. The summed E-state index contributed by atoms with van der Waals surface area (Å²) in [6.45, 7) is 4.88. The van der Waals surface area contributed by atoms with Crippen LogP contribution in [-0.4, -0.2) is 22.1 Å². The van der Waals surface area contributed by atoms with E-state index in [0.29, 0.717) is 11.3 Å². The summed E-state index contributed by atoms with van der Waals surface area (Å²) in [4.78, 5) is 0. The average molecular weight is 305 g/mol. The van der Waals surface area contributed by atoms with Crippen LogP contribution in [0, 0.1) is 34.5 Å². The molecule has 4 aliphatic carbocycles. The van der Waals surface area contributed by atoms with Gasteiger partial charge in [-0.05, 0) is 92.3 Å². The molecule has 0 saturated heterocycles. The molecular weight excluding hydrogens is 274 g/mol. The van der Waals surface area contributed by atoms with Gasteiger partial charge < -0.3 is 10.3 Å². The zero-order valence-electron chi connectivity index (χ0n) is 14.1. The van der Waals surface area contributed by atoms with Gasteiger partial charge in [0, 0.05) is 0 Å². The van der Waals surface area contributed by atoms with E-state index in [1.807, 2.05) is 0 Å². The van der Waals surface area contributed by atoms with Crippen molar-refractivity contribution < 1.29 is 10.3 Å². The Morgan fingerprint density at radius 3 is 2.50 bits per heavy atom. The number of nitrogens with zero attached hydrogens (tertiary/aromatic N) is 1. The molecule has 0 radical (unpaired) electrons. The monoisotopic (exact) mass is 305 g/mol. The molecule has 0 amide bonds. The third kappa shape index (κ3) is 1.87. The highest BCUT2D eigenvalue weighted by molar-refractivity contribution is 5.85. The van der Waals surface area contributed by atoms with E-state index in [-0.39, 0.29) is 11.5 Å². The Kier molecular flexibility index (Phi) is 3.38. The van der Waals surface area contributed by atoms with Crippen molar-refractivity contribution in [3.8, 4) is 0 Å². The molecule has 22 heavy (non-hydrogen) atoms. The van der Waals surface area contributed by atoms with E-state index in [1.54, 1.807) is 0 Å². The molecule has 0 spiro atoms. The Bertz CT molecular complexity index is 490. The fourth-order valence-corrected chi connectivity index (χ4v) is 7.12. The molecule has 4 fully saturated rings. The normalized spacial score (nSPS) is 56.3. The SMILES string of the molecule is C[C@]12CC/C(=N/O)C[C@@H]1CC[C@H]1[C@H]2CC[C@]2(C)[C@@H](O)CC[C@@H]12. The van der Waals surface area contributed by atoms with Crippen molar-refractivity contribution in [3.05, 3.63) is 0 Å². The molecule has 0 aromatic rings. The van der Waals surface area contributed by atoms with Crippen molar-refractivity contribution in [2.75, 3.05) is 0 Å². The maximum Gasteiger partial charge on any atom is 0.0596 e. The molecule has 0 aromatic heterocycles. The molecule has 4 aliphatic rings. The summed E-state index contributed by atoms with van der Waals surface area (Å²) in [5.74, 6) is 3.11. The number of hydrogen-bond donors (Lipinski definition) is 2. The largest absolute Gasteiger partial charge is 0.411 e. The minimum Gasteiger partial charge on any atom is -0.411 e. The average Bonchev–Trinajstić information content (AvgIpc) is 2.82. The molecule has 0 heterocycles. The minimum absolute atomic E-state index is 0.0662. The second-order valence-corrected chi connectivity index (χ2v) is 9.16. The molecule has 2 N–H and O–H groups in total. The van der Waals surface area contributed by atoms with E-state index in [4.69, 9.17) is 5.21 Å². The quantitative estimate of drug-likeness (QED) is 0.520. The summed E-state index contributed by atoms with van der Waals surface area (Å²) in [6, 6.07) is 0. The molecule has 0 aromatic carbocycles. The molecular formula is C19H31NO2. The summed E-state index contributed by atoms with van der Waals surface area (Å²) in [7, 11) is 0. The standard InChI is InChI=1S/C19H31NO2/c1-18-9-7-13(20-22)11-12(18)3-4-14-15-5-6-17(21)19(15,2)10-8-16(14)18/h12,14-17,21-22H,3-11H2,1-2H3/b20-13-/t12-,14+,15-,16+,17-,18-,19-/m0/s1. The van der Waals surface area contributed by atoms with Crippen LogP contribution in [0.3, 0.4) is 0 Å². The smallest absolute Gasteiger partial charge is 0.0596 e. The number of hydrogen-bond acceptors (Lipinski definition) is 3. The van der Waals surface area contributed by atoms with Gasteiger partial charge in [-0.2, -0.15) is 0 Å². The van der Waals surface area contributed by atoms with Crippen LogP contribution >= 0.6 is 0 Å². The number of aliphatic hydroxyl groups excluding tert-OH is 1. The lowest BCUT2D eigenvalue weighted by Crippen LogP contribution is -2.54. The van der Waals surface area contributed by atoms with Crippen LogP contribution in [0.15, 0.2) is 5.16 Å². The molecule has 3 heteroatoms. The van der Waals surface area contributed by atoms with Gasteiger partial charge in [0.2, 0.25) is 0 Å². The van der Waals surface area contributed by atoms with Gasteiger partial charge in [-0.15, -0.1) is 0 Å². The third-order valence-electron chi connectivity index (χ3n) is 8.59. The number of aliphatic hydroxyl groups is 1. The van der Waals surface area contributed by atoms with Crippen LogP contribution in [0.1, 0.15) is 71.6 Å². The highest BCUT2D eigenvalue weighted by Gasteiger charge is 2.59. The predicted octanol–water partition coefficient (Wildman–Crippen LogP) is 4.22. The summed E-state index contributed by atoms with van der Waals surface area (Å²) >= 11 is 0. The second kappa shape index (κ2) is 4.96. The number of oxime groups is 1. The van der Waals surface area contributed by atoms with Crippen LogP contribution in [0.2, 0.25) is 0 Å². The van der Waals surface area contributed by atoms with Crippen molar-refractivity contribution in [2.24, 2.45) is 39.7 Å². The highest BCUT2D eigenvalue weighted by atomic mass is 16.4. The first-order chi connectivity index (χ1) is 10.5. The van der Waals surface area contributed by atoms with E-state index in [9.17, 15) is 5.11 Å². The Labute approximate surface area is 134 Å². The van der Waals surface area contributed by atoms with E-state index in [0.717, 1.165) is 42.7 Å². The Morgan fingerprint density at radius 2 is 1.73 bits per heavy atom. The maximum absolute atomic E-state index is 10.5. The molecule has 4 rings (SSSR count). The van der Waals surface area contributed by atoms with Crippen molar-refractivity contribution in [1.82, 2.24) is 0 Å². The van der Waals surface area contributed by atoms with Crippen LogP contribution in [-0.2, 0) is 0 Å². The fraction of sp³-hybridized carbons (Fsp3) is 0.947. The van der Waals surface area contributed by atoms with Crippen LogP contribution < -0.4 is 0 Å². The Hall–Kier alpha value is -0.570. The molecule has 0 bridgehead atoms. The summed E-state index contributed by atoms with van der Waals surface area (Å²) < 4.78 is 0. The van der Waals surface area contributed by atoms with Crippen molar-refractivity contribution in [2.45, 2.75) is 77.7 Å². The summed E-state index contributed by atoms with van der Waals surface area (Å²) in [5.41, 5.74) is 1.65. The van der Waals surface area contributed by atoms with Gasteiger partial charge >= 0.3 is 0 Å². The van der Waals surface area contributed by atoms with Crippen molar-refractivity contribution >= 4 is 5.71 Å². The zero-order valence-corrected chi connectivity index (χ0v) is 14.1. The first kappa shape index (κ1) is 15.0. The fourth-order valence-electron chi connectivity index (χ4n) is 7.12. The lowest BCUT2D eigenvalue weighted by Gasteiger charge is -2.60. The van der Waals surface area contributed by atoms with Gasteiger partial charge in [-0.1, -0.05) is 19.0 Å². The highest BCUT2D eigenvalue weighted by Crippen LogP contribution is 2.65. The van der Waals surface area contributed by atoms with E-state index in [1.165, 1.54) is 38.5 Å². The molecule has 3 nitrogen and oxygen atoms in total. The van der Waals surface area contributed by atoms with Gasteiger partial charge in [0.25, 0.3) is 0 Å². The van der Waals surface area contributed by atoms with E-state index in [2.05, 4.69) is 19.0 Å². The molecule has 124 valence electrons.